The molecule has 1 rings (SSSR count). The highest BCUT2D eigenvalue weighted by atomic mass is 35.5. The molecule has 0 saturated carbocycles. The summed E-state index contributed by atoms with van der Waals surface area (Å²) in [7, 11) is 0. The van der Waals surface area contributed by atoms with Crippen LogP contribution in [-0.4, -0.2) is 22.1 Å². The molecule has 0 aliphatic rings. The molecule has 1 aromatic rings. The van der Waals surface area contributed by atoms with Gasteiger partial charge in [-0.25, -0.2) is 0 Å². The van der Waals surface area contributed by atoms with Crippen LogP contribution in [0.1, 0.15) is 26.7 Å². The number of hydrogen-bond acceptors (Lipinski definition) is 3. The van der Waals surface area contributed by atoms with Crippen LogP contribution in [0.15, 0.2) is 12.1 Å². The van der Waals surface area contributed by atoms with E-state index < -0.39 is 11.4 Å². The summed E-state index contributed by atoms with van der Waals surface area (Å²) in [5.74, 6) is -1.56. The predicted octanol–water partition coefficient (Wildman–Crippen LogP) is 3.53. The Morgan fingerprint density at radius 3 is 2.15 bits per heavy atom. The van der Waals surface area contributed by atoms with Crippen LogP contribution in [0.2, 0.25) is 10.0 Å². The molecule has 0 radical (unpaired) electrons. The van der Waals surface area contributed by atoms with E-state index in [1.807, 2.05) is 0 Å². The van der Waals surface area contributed by atoms with Crippen molar-refractivity contribution < 1.29 is 19.8 Å². The van der Waals surface area contributed by atoms with Crippen LogP contribution in [0, 0.1) is 5.41 Å². The molecular weight excluding hydrogens is 305 g/mol. The van der Waals surface area contributed by atoms with Crippen LogP contribution < -0.4 is 5.32 Å². The van der Waals surface area contributed by atoms with Gasteiger partial charge in [-0.15, -0.1) is 0 Å². The summed E-state index contributed by atoms with van der Waals surface area (Å²) in [4.78, 5) is 22.6. The molecule has 0 unspecified atom stereocenters. The second-order valence-electron chi connectivity index (χ2n) is 5.25. The number of carbonyl (C=O) groups excluding carboxylic acids is 1. The SMILES string of the molecule is CC(C)(CC(=O)O)CC(=O)Nc1cc(Cl)c(O)c(Cl)c1. The van der Waals surface area contributed by atoms with E-state index in [9.17, 15) is 14.7 Å². The fourth-order valence-electron chi connectivity index (χ4n) is 1.75. The molecule has 20 heavy (non-hydrogen) atoms. The third kappa shape index (κ3) is 4.90. The van der Waals surface area contributed by atoms with E-state index in [0.717, 1.165) is 0 Å². The first kappa shape index (κ1) is 16.6. The maximum atomic E-state index is 11.9. The number of aliphatic carboxylic acids is 1. The standard InChI is InChI=1S/C13H15Cl2NO4/c1-13(2,6-11(18)19)5-10(17)16-7-3-8(14)12(20)9(15)4-7/h3-4,20H,5-6H2,1-2H3,(H,16,17)(H,18,19). The van der Waals surface area contributed by atoms with Gasteiger partial charge < -0.3 is 15.5 Å². The molecule has 0 aromatic heterocycles. The van der Waals surface area contributed by atoms with E-state index in [-0.39, 0.29) is 34.5 Å². The fraction of sp³-hybridized carbons (Fsp3) is 0.385. The Hall–Kier alpha value is -1.46. The van der Waals surface area contributed by atoms with Gasteiger partial charge >= 0.3 is 5.97 Å². The average Bonchev–Trinajstić information content (AvgIpc) is 2.22. The Labute approximate surface area is 126 Å². The number of halogens is 2. The van der Waals surface area contributed by atoms with E-state index in [0.29, 0.717) is 5.69 Å². The highest BCUT2D eigenvalue weighted by Gasteiger charge is 2.25. The molecule has 0 saturated heterocycles. The largest absolute Gasteiger partial charge is 0.505 e. The molecule has 110 valence electrons. The number of carboxylic acids is 1. The van der Waals surface area contributed by atoms with Gasteiger partial charge in [-0.3, -0.25) is 9.59 Å². The van der Waals surface area contributed by atoms with Crippen LogP contribution in [0.5, 0.6) is 5.75 Å². The number of phenolic OH excluding ortho intramolecular Hbond substituents is 1. The topological polar surface area (TPSA) is 86.6 Å². The Balaban J connectivity index is 2.74. The van der Waals surface area contributed by atoms with Gasteiger partial charge in [0.05, 0.1) is 16.5 Å². The Morgan fingerprint density at radius 2 is 1.70 bits per heavy atom. The van der Waals surface area contributed by atoms with Crippen molar-refractivity contribution in [2.24, 2.45) is 5.41 Å². The van der Waals surface area contributed by atoms with Crippen molar-refractivity contribution in [2.45, 2.75) is 26.7 Å². The van der Waals surface area contributed by atoms with Gasteiger partial charge in [-0.05, 0) is 17.5 Å². The van der Waals surface area contributed by atoms with Crippen LogP contribution in [0.4, 0.5) is 5.69 Å². The minimum atomic E-state index is -0.960. The Kier molecular flexibility index (Phi) is 5.25. The first-order chi connectivity index (χ1) is 9.10. The van der Waals surface area contributed by atoms with Crippen molar-refractivity contribution in [1.82, 2.24) is 0 Å². The highest BCUT2D eigenvalue weighted by Crippen LogP contribution is 2.35. The normalized spacial score (nSPS) is 11.2. The lowest BCUT2D eigenvalue weighted by atomic mass is 9.85. The fourth-order valence-corrected chi connectivity index (χ4v) is 2.24. The molecule has 1 amide bonds. The van der Waals surface area contributed by atoms with Gasteiger partial charge in [0.15, 0.2) is 5.75 Å². The van der Waals surface area contributed by atoms with Gasteiger partial charge in [-0.2, -0.15) is 0 Å². The minimum absolute atomic E-state index is 0.0256. The van der Waals surface area contributed by atoms with Crippen molar-refractivity contribution in [3.05, 3.63) is 22.2 Å². The van der Waals surface area contributed by atoms with Crippen LogP contribution in [0.3, 0.4) is 0 Å². The molecule has 1 aromatic carbocycles. The van der Waals surface area contributed by atoms with Crippen molar-refractivity contribution in [1.29, 1.82) is 0 Å². The van der Waals surface area contributed by atoms with Gasteiger partial charge in [0, 0.05) is 12.1 Å². The summed E-state index contributed by atoms with van der Waals surface area (Å²) >= 11 is 11.5. The lowest BCUT2D eigenvalue weighted by Gasteiger charge is -2.21. The second-order valence-corrected chi connectivity index (χ2v) is 6.06. The molecule has 0 spiro atoms. The van der Waals surface area contributed by atoms with E-state index >= 15 is 0 Å². The average molecular weight is 320 g/mol. The zero-order valence-electron chi connectivity index (χ0n) is 11.0. The highest BCUT2D eigenvalue weighted by molar-refractivity contribution is 6.37. The number of anilines is 1. The van der Waals surface area contributed by atoms with E-state index in [1.54, 1.807) is 13.8 Å². The lowest BCUT2D eigenvalue weighted by Crippen LogP contribution is -2.24. The quantitative estimate of drug-likeness (QED) is 0.724. The molecule has 0 aliphatic heterocycles. The van der Waals surface area contributed by atoms with E-state index in [1.165, 1.54) is 12.1 Å². The monoisotopic (exact) mass is 319 g/mol. The zero-order valence-corrected chi connectivity index (χ0v) is 12.5. The number of benzene rings is 1. The summed E-state index contributed by atoms with van der Waals surface area (Å²) in [6, 6.07) is 2.73. The molecule has 0 bridgehead atoms. The van der Waals surface area contributed by atoms with Gasteiger partial charge in [0.25, 0.3) is 0 Å². The molecule has 7 heteroatoms. The van der Waals surface area contributed by atoms with E-state index in [4.69, 9.17) is 28.3 Å². The molecule has 3 N–H and O–H groups in total. The zero-order chi connectivity index (χ0) is 15.5. The summed E-state index contributed by atoms with van der Waals surface area (Å²) in [6.07, 6.45) is -0.0765. The van der Waals surface area contributed by atoms with Crippen LogP contribution in [-0.2, 0) is 9.59 Å². The maximum Gasteiger partial charge on any atom is 0.303 e. The molecular formula is C13H15Cl2NO4. The molecule has 0 aliphatic carbocycles. The summed E-state index contributed by atoms with van der Waals surface area (Å²) in [5.41, 5.74) is -0.325. The number of amides is 1. The minimum Gasteiger partial charge on any atom is -0.505 e. The van der Waals surface area contributed by atoms with Gasteiger partial charge in [-0.1, -0.05) is 37.0 Å². The number of carboxylic acid groups (broad SMARTS) is 1. The van der Waals surface area contributed by atoms with Crippen molar-refractivity contribution in [2.75, 3.05) is 5.32 Å². The smallest absolute Gasteiger partial charge is 0.303 e. The number of carbonyl (C=O) groups is 2. The number of rotatable bonds is 5. The predicted molar refractivity (Wildman–Crippen MR) is 77.4 cm³/mol. The van der Waals surface area contributed by atoms with Crippen LogP contribution in [0.25, 0.3) is 0 Å². The van der Waals surface area contributed by atoms with Crippen molar-refractivity contribution >= 4 is 40.8 Å². The number of aromatic hydroxyl groups is 1. The molecule has 0 fully saturated rings. The Morgan fingerprint density at radius 1 is 1.20 bits per heavy atom. The van der Waals surface area contributed by atoms with Crippen molar-refractivity contribution in [3.8, 4) is 5.75 Å². The first-order valence-electron chi connectivity index (χ1n) is 5.80. The van der Waals surface area contributed by atoms with Crippen LogP contribution >= 0.6 is 23.2 Å². The first-order valence-corrected chi connectivity index (χ1v) is 6.56. The lowest BCUT2D eigenvalue weighted by molar-refractivity contribution is -0.139. The second kappa shape index (κ2) is 6.33. The molecule has 0 heterocycles. The van der Waals surface area contributed by atoms with Gasteiger partial charge in [0.1, 0.15) is 0 Å². The summed E-state index contributed by atoms with van der Waals surface area (Å²) in [6.45, 7) is 3.38. The number of hydrogen-bond donors (Lipinski definition) is 3. The summed E-state index contributed by atoms with van der Waals surface area (Å²) < 4.78 is 0. The number of nitrogens with one attached hydrogen (secondary N) is 1. The number of phenols is 1. The van der Waals surface area contributed by atoms with Gasteiger partial charge in [0.2, 0.25) is 5.91 Å². The van der Waals surface area contributed by atoms with E-state index in [2.05, 4.69) is 5.32 Å². The third-order valence-electron chi connectivity index (χ3n) is 2.57. The molecule has 0 atom stereocenters. The maximum absolute atomic E-state index is 11.9. The molecule has 5 nitrogen and oxygen atoms in total. The van der Waals surface area contributed by atoms with Crippen molar-refractivity contribution in [3.63, 3.8) is 0 Å². The third-order valence-corrected chi connectivity index (χ3v) is 3.15. The summed E-state index contributed by atoms with van der Waals surface area (Å²) in [5, 5.41) is 20.8. The Bertz CT molecular complexity index is 520.